The molecule has 0 radical (unpaired) electrons. The quantitative estimate of drug-likeness (QED) is 0.779. The van der Waals surface area contributed by atoms with Gasteiger partial charge < -0.3 is 9.80 Å². The molecule has 2 aromatic rings. The highest BCUT2D eigenvalue weighted by atomic mass is 16.2. The van der Waals surface area contributed by atoms with Crippen LogP contribution in [-0.4, -0.2) is 47.8 Å². The Morgan fingerprint density at radius 3 is 2.33 bits per heavy atom. The Balaban J connectivity index is 1.62. The molecule has 0 unspecified atom stereocenters. The second kappa shape index (κ2) is 9.17. The summed E-state index contributed by atoms with van der Waals surface area (Å²) in [7, 11) is 0. The zero-order valence-corrected chi connectivity index (χ0v) is 15.8. The summed E-state index contributed by atoms with van der Waals surface area (Å²) in [6.07, 6.45) is 5.10. The first-order valence-electron chi connectivity index (χ1n) is 9.58. The molecule has 0 atom stereocenters. The lowest BCUT2D eigenvalue weighted by molar-refractivity contribution is -0.125. The van der Waals surface area contributed by atoms with E-state index in [1.807, 2.05) is 70.5 Å². The van der Waals surface area contributed by atoms with E-state index in [1.54, 1.807) is 6.08 Å². The van der Waals surface area contributed by atoms with Crippen LogP contribution in [0.3, 0.4) is 0 Å². The Kier molecular flexibility index (Phi) is 6.42. The number of carbonyl (C=O) groups excluding carboxylic acids is 2. The number of aryl methyl sites for hydroxylation is 1. The third-order valence-electron chi connectivity index (χ3n) is 4.94. The van der Waals surface area contributed by atoms with Crippen molar-refractivity contribution in [2.24, 2.45) is 0 Å². The normalized spacial score (nSPS) is 15.0. The largest absolute Gasteiger partial charge is 0.337 e. The average Bonchev–Trinajstić information content (AvgIpc) is 2.98. The van der Waals surface area contributed by atoms with Crippen molar-refractivity contribution in [2.45, 2.75) is 19.8 Å². The van der Waals surface area contributed by atoms with Crippen LogP contribution in [0.2, 0.25) is 0 Å². The van der Waals surface area contributed by atoms with Gasteiger partial charge in [-0.3, -0.25) is 9.59 Å². The number of benzene rings is 2. The maximum Gasteiger partial charge on any atom is 0.254 e. The van der Waals surface area contributed by atoms with Gasteiger partial charge in [0.15, 0.2) is 0 Å². The van der Waals surface area contributed by atoms with Gasteiger partial charge in [0.1, 0.15) is 0 Å². The lowest BCUT2D eigenvalue weighted by Crippen LogP contribution is -2.37. The van der Waals surface area contributed by atoms with E-state index in [0.717, 1.165) is 29.5 Å². The second-order valence-electron chi connectivity index (χ2n) is 6.73. The van der Waals surface area contributed by atoms with Crippen molar-refractivity contribution < 1.29 is 9.59 Å². The number of carbonyl (C=O) groups is 2. The molecular formula is C23H26N2O2. The average molecular weight is 362 g/mol. The molecule has 1 heterocycles. The Labute approximate surface area is 161 Å². The maximum atomic E-state index is 12.9. The van der Waals surface area contributed by atoms with E-state index in [0.29, 0.717) is 26.2 Å². The molecule has 2 amide bonds. The molecule has 140 valence electrons. The molecule has 1 fully saturated rings. The zero-order chi connectivity index (χ0) is 19.1. The third-order valence-corrected chi connectivity index (χ3v) is 4.94. The van der Waals surface area contributed by atoms with Gasteiger partial charge in [0.25, 0.3) is 5.91 Å². The van der Waals surface area contributed by atoms with E-state index in [-0.39, 0.29) is 11.8 Å². The predicted molar refractivity (Wildman–Crippen MR) is 108 cm³/mol. The highest BCUT2D eigenvalue weighted by molar-refractivity contribution is 5.96. The van der Waals surface area contributed by atoms with Gasteiger partial charge in [0, 0.05) is 37.8 Å². The standard InChI is InChI=1S/C23H26N2O2/c1-2-20-11-6-7-12-21(20)23(27)25-16-8-15-24(17-18-25)22(26)14-13-19-9-4-3-5-10-19/h3-7,9-14H,2,8,15-18H2,1H3. The number of nitrogens with zero attached hydrogens (tertiary/aromatic N) is 2. The van der Waals surface area contributed by atoms with E-state index in [9.17, 15) is 9.59 Å². The van der Waals surface area contributed by atoms with Crippen LogP contribution >= 0.6 is 0 Å². The van der Waals surface area contributed by atoms with Crippen LogP contribution in [0.25, 0.3) is 6.08 Å². The Hall–Kier alpha value is -2.88. The fraction of sp³-hybridized carbons (Fsp3) is 0.304. The van der Waals surface area contributed by atoms with Crippen LogP contribution in [0.1, 0.15) is 34.8 Å². The highest BCUT2D eigenvalue weighted by Gasteiger charge is 2.23. The van der Waals surface area contributed by atoms with Crippen molar-refractivity contribution in [2.75, 3.05) is 26.2 Å². The maximum absolute atomic E-state index is 12.9. The summed E-state index contributed by atoms with van der Waals surface area (Å²) in [4.78, 5) is 29.1. The van der Waals surface area contributed by atoms with Crippen molar-refractivity contribution in [3.05, 3.63) is 77.4 Å². The van der Waals surface area contributed by atoms with Crippen molar-refractivity contribution in [1.29, 1.82) is 0 Å². The first kappa shape index (κ1) is 18.9. The van der Waals surface area contributed by atoms with E-state index in [2.05, 4.69) is 6.92 Å². The fourth-order valence-electron chi connectivity index (χ4n) is 3.39. The Bertz CT molecular complexity index is 814. The summed E-state index contributed by atoms with van der Waals surface area (Å²) < 4.78 is 0. The minimum atomic E-state index is 0.00195. The molecule has 0 aromatic heterocycles. The summed E-state index contributed by atoms with van der Waals surface area (Å²) in [6.45, 7) is 4.56. The number of hydrogen-bond donors (Lipinski definition) is 0. The molecular weight excluding hydrogens is 336 g/mol. The molecule has 1 aliphatic rings. The van der Waals surface area contributed by atoms with E-state index < -0.39 is 0 Å². The molecule has 2 aromatic carbocycles. The van der Waals surface area contributed by atoms with Crippen LogP contribution in [0.4, 0.5) is 0 Å². The topological polar surface area (TPSA) is 40.6 Å². The van der Waals surface area contributed by atoms with Gasteiger partial charge in [-0.05, 0) is 36.1 Å². The Morgan fingerprint density at radius 2 is 1.56 bits per heavy atom. The summed E-state index contributed by atoms with van der Waals surface area (Å²) in [5, 5.41) is 0. The smallest absolute Gasteiger partial charge is 0.254 e. The van der Waals surface area contributed by atoms with Gasteiger partial charge in [-0.15, -0.1) is 0 Å². The fourth-order valence-corrected chi connectivity index (χ4v) is 3.39. The monoisotopic (exact) mass is 362 g/mol. The summed E-state index contributed by atoms with van der Waals surface area (Å²) >= 11 is 0. The second-order valence-corrected chi connectivity index (χ2v) is 6.73. The third kappa shape index (κ3) is 4.85. The van der Waals surface area contributed by atoms with Crippen molar-refractivity contribution in [3.8, 4) is 0 Å². The van der Waals surface area contributed by atoms with Gasteiger partial charge in [-0.1, -0.05) is 55.5 Å². The Morgan fingerprint density at radius 1 is 0.889 bits per heavy atom. The van der Waals surface area contributed by atoms with Crippen LogP contribution in [0, 0.1) is 0 Å². The first-order chi connectivity index (χ1) is 13.2. The molecule has 0 spiro atoms. The molecule has 1 saturated heterocycles. The molecule has 4 nitrogen and oxygen atoms in total. The predicted octanol–water partition coefficient (Wildman–Crippen LogP) is 3.64. The molecule has 4 heteroatoms. The van der Waals surface area contributed by atoms with Crippen LogP contribution < -0.4 is 0 Å². The number of rotatable bonds is 4. The summed E-state index contributed by atoms with van der Waals surface area (Å²) in [5.74, 6) is 0.0729. The molecule has 1 aliphatic heterocycles. The molecule has 3 rings (SSSR count). The zero-order valence-electron chi connectivity index (χ0n) is 15.8. The van der Waals surface area contributed by atoms with E-state index >= 15 is 0 Å². The SMILES string of the molecule is CCc1ccccc1C(=O)N1CCCN(C(=O)C=Cc2ccccc2)CC1. The van der Waals surface area contributed by atoms with Crippen LogP contribution in [-0.2, 0) is 11.2 Å². The minimum Gasteiger partial charge on any atom is -0.337 e. The molecule has 0 bridgehead atoms. The van der Waals surface area contributed by atoms with Gasteiger partial charge >= 0.3 is 0 Å². The van der Waals surface area contributed by atoms with Gasteiger partial charge in [0.2, 0.25) is 5.91 Å². The number of hydrogen-bond acceptors (Lipinski definition) is 2. The van der Waals surface area contributed by atoms with Crippen LogP contribution in [0.5, 0.6) is 0 Å². The lowest BCUT2D eigenvalue weighted by atomic mass is 10.0. The number of amides is 2. The van der Waals surface area contributed by atoms with E-state index in [4.69, 9.17) is 0 Å². The van der Waals surface area contributed by atoms with Crippen LogP contribution in [0.15, 0.2) is 60.7 Å². The van der Waals surface area contributed by atoms with Gasteiger partial charge in [0.05, 0.1) is 0 Å². The summed E-state index contributed by atoms with van der Waals surface area (Å²) in [6, 6.07) is 17.6. The van der Waals surface area contributed by atoms with Crippen molar-refractivity contribution in [3.63, 3.8) is 0 Å². The molecule has 0 N–H and O–H groups in total. The molecule has 0 aliphatic carbocycles. The minimum absolute atomic E-state index is 0.00195. The lowest BCUT2D eigenvalue weighted by Gasteiger charge is -2.22. The van der Waals surface area contributed by atoms with Crippen molar-refractivity contribution in [1.82, 2.24) is 9.80 Å². The van der Waals surface area contributed by atoms with E-state index in [1.165, 1.54) is 0 Å². The van der Waals surface area contributed by atoms with Gasteiger partial charge in [-0.25, -0.2) is 0 Å². The summed E-state index contributed by atoms with van der Waals surface area (Å²) in [5.41, 5.74) is 2.86. The molecule has 27 heavy (non-hydrogen) atoms. The van der Waals surface area contributed by atoms with Crippen molar-refractivity contribution >= 4 is 17.9 Å². The van der Waals surface area contributed by atoms with Gasteiger partial charge in [-0.2, -0.15) is 0 Å². The first-order valence-corrected chi connectivity index (χ1v) is 9.58. The highest BCUT2D eigenvalue weighted by Crippen LogP contribution is 2.15. The molecule has 0 saturated carbocycles.